The summed E-state index contributed by atoms with van der Waals surface area (Å²) in [6.07, 6.45) is 4.71. The zero-order valence-corrected chi connectivity index (χ0v) is 17.0. The molecule has 146 valence electrons. The van der Waals surface area contributed by atoms with Crippen LogP contribution in [0.3, 0.4) is 0 Å². The van der Waals surface area contributed by atoms with E-state index in [0.717, 1.165) is 9.88 Å². The molecular weight excluding hydrogens is 422 g/mol. The fourth-order valence-corrected chi connectivity index (χ4v) is 3.76. The van der Waals surface area contributed by atoms with Crippen molar-refractivity contribution in [2.45, 2.75) is 19.5 Å². The third kappa shape index (κ3) is 5.40. The number of hydrogen-bond acceptors (Lipinski definition) is 6. The van der Waals surface area contributed by atoms with Crippen LogP contribution in [0.2, 0.25) is 5.15 Å². The molecule has 3 N–H and O–H groups in total. The van der Waals surface area contributed by atoms with Gasteiger partial charge in [-0.15, -0.1) is 11.3 Å². The van der Waals surface area contributed by atoms with E-state index in [0.29, 0.717) is 22.8 Å². The number of carbonyl (C=O) groups excluding carboxylic acids is 1. The molecule has 3 rings (SSSR count). The topological polar surface area (TPSA) is 117 Å². The molecule has 0 aliphatic rings. The SMILES string of the molecule is Cc1ncc(CNC(=O)c2ccc(C(NS(=O)O)c3ccc(Cl)nc3)cn2)s1. The predicted molar refractivity (Wildman–Crippen MR) is 107 cm³/mol. The maximum absolute atomic E-state index is 12.3. The van der Waals surface area contributed by atoms with E-state index in [1.165, 1.54) is 23.7 Å². The molecule has 1 amide bonds. The molecule has 0 fully saturated rings. The highest BCUT2D eigenvalue weighted by atomic mass is 35.5. The van der Waals surface area contributed by atoms with Crippen molar-refractivity contribution >= 4 is 40.1 Å². The van der Waals surface area contributed by atoms with Gasteiger partial charge in [0.2, 0.25) is 11.3 Å². The largest absolute Gasteiger partial charge is 0.346 e. The molecule has 0 radical (unpaired) electrons. The van der Waals surface area contributed by atoms with Crippen LogP contribution < -0.4 is 10.0 Å². The Hall–Kier alpha value is -2.24. The van der Waals surface area contributed by atoms with Gasteiger partial charge in [0.05, 0.1) is 17.6 Å². The van der Waals surface area contributed by atoms with E-state index in [1.807, 2.05) is 6.92 Å². The number of thiazole rings is 1. The first-order valence-electron chi connectivity index (χ1n) is 8.06. The Morgan fingerprint density at radius 3 is 2.43 bits per heavy atom. The number of rotatable bonds is 7. The van der Waals surface area contributed by atoms with E-state index >= 15 is 0 Å². The molecular formula is C17H16ClN5O3S2. The van der Waals surface area contributed by atoms with Crippen molar-refractivity contribution in [2.75, 3.05) is 0 Å². The van der Waals surface area contributed by atoms with Crippen LogP contribution in [0.1, 0.15) is 37.5 Å². The average molecular weight is 438 g/mol. The zero-order valence-electron chi connectivity index (χ0n) is 14.6. The first kappa shape index (κ1) is 20.5. The summed E-state index contributed by atoms with van der Waals surface area (Å²) in [5, 5.41) is 4.03. The molecule has 0 bridgehead atoms. The van der Waals surface area contributed by atoms with Gasteiger partial charge in [0.25, 0.3) is 5.91 Å². The Morgan fingerprint density at radius 1 is 1.18 bits per heavy atom. The second-order valence-corrected chi connectivity index (χ2v) is 8.16. The lowest BCUT2D eigenvalue weighted by Gasteiger charge is -2.17. The first-order chi connectivity index (χ1) is 13.4. The minimum absolute atomic E-state index is 0.239. The quantitative estimate of drug-likeness (QED) is 0.386. The third-order valence-electron chi connectivity index (χ3n) is 3.75. The number of hydrogen-bond donors (Lipinski definition) is 3. The van der Waals surface area contributed by atoms with Gasteiger partial charge in [0.15, 0.2) is 0 Å². The lowest BCUT2D eigenvalue weighted by Crippen LogP contribution is -2.26. The van der Waals surface area contributed by atoms with Crippen LogP contribution in [0.5, 0.6) is 0 Å². The molecule has 0 spiro atoms. The van der Waals surface area contributed by atoms with Crippen LogP contribution in [-0.4, -0.2) is 29.6 Å². The highest BCUT2D eigenvalue weighted by Gasteiger charge is 2.18. The molecule has 3 aromatic heterocycles. The Morgan fingerprint density at radius 2 is 1.89 bits per heavy atom. The lowest BCUT2D eigenvalue weighted by atomic mass is 10.0. The van der Waals surface area contributed by atoms with E-state index in [4.69, 9.17) is 11.6 Å². The summed E-state index contributed by atoms with van der Waals surface area (Å²) < 4.78 is 23.1. The summed E-state index contributed by atoms with van der Waals surface area (Å²) in [6, 6.07) is 5.86. The highest BCUT2D eigenvalue weighted by molar-refractivity contribution is 7.77. The maximum atomic E-state index is 12.3. The van der Waals surface area contributed by atoms with Crippen LogP contribution in [-0.2, 0) is 17.8 Å². The van der Waals surface area contributed by atoms with Crippen molar-refractivity contribution < 1.29 is 13.6 Å². The summed E-state index contributed by atoms with van der Waals surface area (Å²) in [5.41, 5.74) is 1.47. The van der Waals surface area contributed by atoms with Crippen molar-refractivity contribution in [1.82, 2.24) is 25.0 Å². The summed E-state index contributed by atoms with van der Waals surface area (Å²) in [5.74, 6) is -0.319. The fraction of sp³-hybridized carbons (Fsp3) is 0.176. The van der Waals surface area contributed by atoms with Crippen LogP contribution in [0.4, 0.5) is 0 Å². The van der Waals surface area contributed by atoms with Gasteiger partial charge >= 0.3 is 0 Å². The molecule has 28 heavy (non-hydrogen) atoms. The Balaban J connectivity index is 1.73. The van der Waals surface area contributed by atoms with Crippen molar-refractivity contribution in [3.05, 3.63) is 74.7 Å². The molecule has 0 aliphatic carbocycles. The van der Waals surface area contributed by atoms with Crippen LogP contribution in [0, 0.1) is 6.92 Å². The van der Waals surface area contributed by atoms with Gasteiger partial charge in [-0.2, -0.15) is 0 Å². The van der Waals surface area contributed by atoms with Crippen molar-refractivity contribution in [3.8, 4) is 0 Å². The number of carbonyl (C=O) groups is 1. The normalized spacial score (nSPS) is 13.1. The molecule has 0 aromatic carbocycles. The monoisotopic (exact) mass is 437 g/mol. The zero-order chi connectivity index (χ0) is 20.1. The van der Waals surface area contributed by atoms with E-state index in [1.54, 1.807) is 30.5 Å². The Bertz CT molecular complexity index is 979. The van der Waals surface area contributed by atoms with Gasteiger partial charge < -0.3 is 5.32 Å². The standard InChI is InChI=1S/C17H16ClN5O3S2/c1-10-19-8-13(27-10)9-22-17(24)14-4-2-11(6-20-14)16(23-28(25)26)12-3-5-15(18)21-7-12/h2-8,16,23H,9H2,1H3,(H,22,24)(H,25,26). The van der Waals surface area contributed by atoms with E-state index < -0.39 is 17.3 Å². The second-order valence-electron chi connectivity index (χ2n) is 5.72. The molecule has 0 saturated heterocycles. The minimum atomic E-state index is -2.26. The van der Waals surface area contributed by atoms with E-state index in [2.05, 4.69) is 25.0 Å². The summed E-state index contributed by atoms with van der Waals surface area (Å²) >= 11 is 5.05. The van der Waals surface area contributed by atoms with Gasteiger partial charge in [-0.25, -0.2) is 18.9 Å². The number of aryl methyl sites for hydroxylation is 1. The summed E-state index contributed by atoms with van der Waals surface area (Å²) in [7, 11) is 0. The molecule has 8 nitrogen and oxygen atoms in total. The average Bonchev–Trinajstić information content (AvgIpc) is 3.10. The number of nitrogens with zero attached hydrogens (tertiary/aromatic N) is 3. The number of pyridine rings is 2. The van der Waals surface area contributed by atoms with Crippen LogP contribution in [0.15, 0.2) is 42.9 Å². The van der Waals surface area contributed by atoms with Crippen LogP contribution in [0.25, 0.3) is 0 Å². The second kappa shape index (κ2) is 9.30. The maximum Gasteiger partial charge on any atom is 0.270 e. The Kier molecular flexibility index (Phi) is 6.81. The predicted octanol–water partition coefficient (Wildman–Crippen LogP) is 2.64. The number of nitrogens with one attached hydrogen (secondary N) is 2. The van der Waals surface area contributed by atoms with E-state index in [-0.39, 0.29) is 11.6 Å². The molecule has 2 atom stereocenters. The van der Waals surface area contributed by atoms with Crippen LogP contribution >= 0.6 is 22.9 Å². The Labute approximate surface area is 172 Å². The molecule has 3 aromatic rings. The van der Waals surface area contributed by atoms with Crippen molar-refractivity contribution in [1.29, 1.82) is 0 Å². The highest BCUT2D eigenvalue weighted by Crippen LogP contribution is 2.22. The number of aromatic nitrogens is 3. The fourth-order valence-electron chi connectivity index (χ4n) is 2.44. The summed E-state index contributed by atoms with van der Waals surface area (Å²) in [6.45, 7) is 2.27. The molecule has 3 heterocycles. The van der Waals surface area contributed by atoms with Gasteiger partial charge in [-0.3, -0.25) is 14.3 Å². The van der Waals surface area contributed by atoms with Crippen molar-refractivity contribution in [3.63, 3.8) is 0 Å². The molecule has 0 saturated carbocycles. The lowest BCUT2D eigenvalue weighted by molar-refractivity contribution is 0.0946. The first-order valence-corrected chi connectivity index (χ1v) is 10.4. The van der Waals surface area contributed by atoms with Gasteiger partial charge in [-0.05, 0) is 30.2 Å². The minimum Gasteiger partial charge on any atom is -0.346 e. The smallest absolute Gasteiger partial charge is 0.270 e. The van der Waals surface area contributed by atoms with Crippen molar-refractivity contribution in [2.24, 2.45) is 0 Å². The molecule has 2 unspecified atom stereocenters. The number of halogens is 1. The van der Waals surface area contributed by atoms with E-state index in [9.17, 15) is 13.6 Å². The molecule has 11 heteroatoms. The molecule has 0 aliphatic heterocycles. The van der Waals surface area contributed by atoms with Gasteiger partial charge in [0, 0.05) is 23.5 Å². The number of amides is 1. The van der Waals surface area contributed by atoms with Gasteiger partial charge in [-0.1, -0.05) is 23.7 Å². The summed E-state index contributed by atoms with van der Waals surface area (Å²) in [4.78, 5) is 25.5. The third-order valence-corrected chi connectivity index (χ3v) is 5.32. The van der Waals surface area contributed by atoms with Gasteiger partial charge in [0.1, 0.15) is 10.8 Å².